The van der Waals surface area contributed by atoms with Crippen molar-refractivity contribution in [1.29, 1.82) is 0 Å². The maximum Gasteiger partial charge on any atom is 0.274 e. The fourth-order valence-corrected chi connectivity index (χ4v) is 4.37. The number of likely N-dealkylation sites (tertiary alicyclic amines) is 1. The lowest BCUT2D eigenvalue weighted by molar-refractivity contribution is 0.0784. The van der Waals surface area contributed by atoms with Crippen LogP contribution in [0.4, 0.5) is 10.1 Å². The zero-order chi connectivity index (χ0) is 23.1. The van der Waals surface area contributed by atoms with Gasteiger partial charge in [-0.25, -0.2) is 14.2 Å². The van der Waals surface area contributed by atoms with Crippen LogP contribution in [0.15, 0.2) is 42.5 Å². The second-order valence-corrected chi connectivity index (χ2v) is 8.55. The zero-order valence-electron chi connectivity index (χ0n) is 18.3. The van der Waals surface area contributed by atoms with Gasteiger partial charge in [0.2, 0.25) is 5.69 Å². The maximum atomic E-state index is 14.5. The molecule has 1 saturated carbocycles. The van der Waals surface area contributed by atoms with E-state index in [-0.39, 0.29) is 23.6 Å². The monoisotopic (exact) mass is 445 g/mol. The number of imidazole rings is 1. The number of benzene rings is 2. The molecule has 1 saturated heterocycles. The van der Waals surface area contributed by atoms with Crippen LogP contribution < -0.4 is 10.5 Å². The number of nitrogens with zero attached hydrogens (tertiary/aromatic N) is 4. The lowest BCUT2D eigenvalue weighted by Gasteiger charge is -2.16. The molecule has 1 aliphatic heterocycles. The van der Waals surface area contributed by atoms with Crippen molar-refractivity contribution in [3.05, 3.63) is 71.1 Å². The molecular formula is C25H24FN5O2. The molecule has 1 aromatic heterocycles. The molecule has 3 aromatic rings. The number of nitrogens with two attached hydrogens (primary N) is 1. The van der Waals surface area contributed by atoms with Crippen LogP contribution in [-0.2, 0) is 0 Å². The van der Waals surface area contributed by atoms with E-state index in [9.17, 15) is 9.18 Å². The minimum atomic E-state index is -0.613. The molecule has 0 radical (unpaired) electrons. The fraction of sp³-hybridized carbons (Fsp3) is 0.320. The molecule has 1 aliphatic carbocycles. The summed E-state index contributed by atoms with van der Waals surface area (Å²) >= 11 is 0. The van der Waals surface area contributed by atoms with Gasteiger partial charge in [0.05, 0.1) is 19.4 Å². The molecule has 33 heavy (non-hydrogen) atoms. The van der Waals surface area contributed by atoms with Crippen molar-refractivity contribution in [1.82, 2.24) is 14.5 Å². The summed E-state index contributed by atoms with van der Waals surface area (Å²) in [5, 5.41) is 0. The summed E-state index contributed by atoms with van der Waals surface area (Å²) in [5.74, 6) is 0.637. The molecule has 8 heteroatoms. The Kier molecular flexibility index (Phi) is 5.35. The average molecular weight is 445 g/mol. The summed E-state index contributed by atoms with van der Waals surface area (Å²) in [6.45, 7) is 8.24. The van der Waals surface area contributed by atoms with Crippen LogP contribution in [0.1, 0.15) is 41.4 Å². The number of carbonyl (C=O) groups is 1. The number of aromatic nitrogens is 2. The van der Waals surface area contributed by atoms with Crippen molar-refractivity contribution in [2.75, 3.05) is 20.2 Å². The third-order valence-electron chi connectivity index (χ3n) is 6.25. The topological polar surface area (TPSA) is 77.7 Å². The first-order chi connectivity index (χ1) is 16.0. The molecule has 5 rings (SSSR count). The number of halogens is 1. The van der Waals surface area contributed by atoms with Gasteiger partial charge >= 0.3 is 0 Å². The predicted octanol–water partition coefficient (Wildman–Crippen LogP) is 4.29. The van der Waals surface area contributed by atoms with Crippen molar-refractivity contribution in [3.63, 3.8) is 0 Å². The number of ether oxygens (including phenoxy) is 1. The summed E-state index contributed by atoms with van der Waals surface area (Å²) in [5.41, 5.74) is 8.55. The van der Waals surface area contributed by atoms with Crippen LogP contribution >= 0.6 is 0 Å². The third-order valence-corrected chi connectivity index (χ3v) is 6.25. The van der Waals surface area contributed by atoms with E-state index in [4.69, 9.17) is 22.0 Å². The summed E-state index contributed by atoms with van der Waals surface area (Å²) in [7, 11) is 1.60. The van der Waals surface area contributed by atoms with E-state index in [0.29, 0.717) is 35.9 Å². The summed E-state index contributed by atoms with van der Waals surface area (Å²) in [6.07, 6.45) is 2.69. The number of amides is 1. The van der Waals surface area contributed by atoms with Crippen molar-refractivity contribution in [3.8, 4) is 22.8 Å². The van der Waals surface area contributed by atoms with Gasteiger partial charge in [-0.2, -0.15) is 0 Å². The molecular weight excluding hydrogens is 421 g/mol. The fourth-order valence-electron chi connectivity index (χ4n) is 4.37. The van der Waals surface area contributed by atoms with Crippen LogP contribution in [0.5, 0.6) is 5.75 Å². The van der Waals surface area contributed by atoms with Gasteiger partial charge in [-0.1, -0.05) is 12.1 Å². The Bertz CT molecular complexity index is 1260. The number of methoxy groups -OCH3 is 1. The second kappa shape index (κ2) is 8.34. The molecule has 168 valence electrons. The van der Waals surface area contributed by atoms with Gasteiger partial charge in [0.15, 0.2) is 5.69 Å². The van der Waals surface area contributed by atoms with Crippen LogP contribution in [0.3, 0.4) is 0 Å². The highest BCUT2D eigenvalue weighted by atomic mass is 19.1. The highest BCUT2D eigenvalue weighted by Crippen LogP contribution is 2.45. The second-order valence-electron chi connectivity index (χ2n) is 8.55. The van der Waals surface area contributed by atoms with E-state index in [1.807, 2.05) is 28.8 Å². The molecule has 0 bridgehead atoms. The highest BCUT2D eigenvalue weighted by molar-refractivity contribution is 5.95. The van der Waals surface area contributed by atoms with E-state index < -0.39 is 5.82 Å². The molecule has 7 nitrogen and oxygen atoms in total. The van der Waals surface area contributed by atoms with Crippen LogP contribution in [0.2, 0.25) is 0 Å². The van der Waals surface area contributed by atoms with Gasteiger partial charge < -0.3 is 15.4 Å². The Morgan fingerprint density at radius 1 is 1.21 bits per heavy atom. The third kappa shape index (κ3) is 3.85. The van der Waals surface area contributed by atoms with Gasteiger partial charge in [0.1, 0.15) is 17.4 Å². The Hall–Kier alpha value is -3.70. The van der Waals surface area contributed by atoms with Crippen LogP contribution in [0.25, 0.3) is 21.9 Å². The first-order valence-corrected chi connectivity index (χ1v) is 11.0. The highest BCUT2D eigenvalue weighted by Gasteiger charge is 2.37. The summed E-state index contributed by atoms with van der Waals surface area (Å²) in [4.78, 5) is 23.3. The normalized spacial score (nSPS) is 17.8. The molecule has 2 aliphatic rings. The lowest BCUT2D eigenvalue weighted by Crippen LogP contribution is -2.32. The minimum absolute atomic E-state index is 0.0308. The summed E-state index contributed by atoms with van der Waals surface area (Å²) in [6, 6.07) is 11.9. The Morgan fingerprint density at radius 2 is 1.97 bits per heavy atom. The van der Waals surface area contributed by atoms with E-state index in [1.165, 1.54) is 12.1 Å². The smallest absolute Gasteiger partial charge is 0.274 e. The van der Waals surface area contributed by atoms with Crippen molar-refractivity contribution in [2.24, 2.45) is 5.73 Å². The molecule has 2 fully saturated rings. The standard InChI is InChI=1S/C25H24FN5O2/c1-28-21-10-5-16(13-20(21)26)24-29-22(25(32)30-12-11-17(27)14-30)23(15-3-4-15)31(24)18-6-8-19(33-2)9-7-18/h5-10,13,15,17H,3-4,11-12,14,27H2,2H3/t17-/m1/s1. The van der Waals surface area contributed by atoms with Crippen molar-refractivity contribution >= 4 is 11.6 Å². The Balaban J connectivity index is 1.70. The number of rotatable bonds is 5. The first-order valence-electron chi connectivity index (χ1n) is 11.0. The van der Waals surface area contributed by atoms with Crippen LogP contribution in [-0.4, -0.2) is 46.6 Å². The van der Waals surface area contributed by atoms with Gasteiger partial charge in [-0.15, -0.1) is 0 Å². The van der Waals surface area contributed by atoms with Crippen molar-refractivity contribution in [2.45, 2.75) is 31.2 Å². The predicted molar refractivity (Wildman–Crippen MR) is 122 cm³/mol. The van der Waals surface area contributed by atoms with E-state index in [1.54, 1.807) is 18.1 Å². The maximum absolute atomic E-state index is 14.5. The van der Waals surface area contributed by atoms with Gasteiger partial charge in [-0.3, -0.25) is 9.36 Å². The molecule has 1 amide bonds. The molecule has 1 atom stereocenters. The SMILES string of the molecule is [C-]#[N+]c1ccc(-c2nc(C(=O)N3CC[C@@H](N)C3)c(C3CC3)n2-c2ccc(OC)cc2)cc1F. The number of hydrogen-bond acceptors (Lipinski definition) is 4. The number of carbonyl (C=O) groups excluding carboxylic acids is 1. The van der Waals surface area contributed by atoms with Crippen molar-refractivity contribution < 1.29 is 13.9 Å². The first kappa shape index (κ1) is 21.2. The van der Waals surface area contributed by atoms with Gasteiger partial charge in [0.25, 0.3) is 5.91 Å². The number of hydrogen-bond donors (Lipinski definition) is 1. The Labute approximate surface area is 191 Å². The zero-order valence-corrected chi connectivity index (χ0v) is 18.3. The molecule has 2 N–H and O–H groups in total. The summed E-state index contributed by atoms with van der Waals surface area (Å²) < 4.78 is 21.8. The molecule has 0 spiro atoms. The molecule has 0 unspecified atom stereocenters. The van der Waals surface area contributed by atoms with Gasteiger partial charge in [0, 0.05) is 36.3 Å². The Morgan fingerprint density at radius 3 is 2.55 bits per heavy atom. The molecule has 2 heterocycles. The van der Waals surface area contributed by atoms with Gasteiger partial charge in [-0.05, 0) is 49.6 Å². The van der Waals surface area contributed by atoms with E-state index in [2.05, 4.69) is 4.85 Å². The quantitative estimate of drug-likeness (QED) is 0.595. The van der Waals surface area contributed by atoms with E-state index in [0.717, 1.165) is 30.6 Å². The molecule has 2 aromatic carbocycles. The van der Waals surface area contributed by atoms with E-state index >= 15 is 0 Å². The largest absolute Gasteiger partial charge is 0.497 e. The lowest BCUT2D eigenvalue weighted by atomic mass is 10.1. The minimum Gasteiger partial charge on any atom is -0.497 e. The van der Waals surface area contributed by atoms with Crippen LogP contribution in [0, 0.1) is 12.4 Å². The average Bonchev–Trinajstić information content (AvgIpc) is 3.45.